The van der Waals surface area contributed by atoms with Crippen molar-refractivity contribution in [3.8, 4) is 5.82 Å². The molecule has 0 unspecified atom stereocenters. The third kappa shape index (κ3) is 3.68. The number of halogens is 1. The zero-order valence-electron chi connectivity index (χ0n) is 14.6. The lowest BCUT2D eigenvalue weighted by Crippen LogP contribution is -2.23. The van der Waals surface area contributed by atoms with Gasteiger partial charge in [0.2, 0.25) is 0 Å². The minimum atomic E-state index is -0.0730. The van der Waals surface area contributed by atoms with E-state index in [-0.39, 0.29) is 5.69 Å². The summed E-state index contributed by atoms with van der Waals surface area (Å²) in [5.41, 5.74) is 2.52. The van der Waals surface area contributed by atoms with Crippen LogP contribution in [-0.4, -0.2) is 14.1 Å². The maximum Gasteiger partial charge on any atom is 0.334 e. The molecule has 0 aliphatic heterocycles. The molecule has 3 aromatic rings. The average molecular weight is 412 g/mol. The number of pyridine rings is 1. The van der Waals surface area contributed by atoms with Crippen LogP contribution in [0.5, 0.6) is 0 Å². The molecule has 1 fully saturated rings. The molecule has 1 aromatic carbocycles. The molecule has 0 amide bonds. The van der Waals surface area contributed by atoms with Crippen molar-refractivity contribution in [2.24, 2.45) is 0 Å². The van der Waals surface area contributed by atoms with E-state index in [0.717, 1.165) is 10.0 Å². The number of benzene rings is 1. The molecule has 0 atom stereocenters. The molecule has 0 spiro atoms. The number of aromatic nitrogens is 3. The topological polar surface area (TPSA) is 39.8 Å². The van der Waals surface area contributed by atoms with Crippen molar-refractivity contribution in [3.05, 3.63) is 81.1 Å². The van der Waals surface area contributed by atoms with Crippen LogP contribution in [0.3, 0.4) is 0 Å². The Hall–Kier alpha value is -2.14. The summed E-state index contributed by atoms with van der Waals surface area (Å²) in [6, 6.07) is 12.5. The molecule has 0 radical (unpaired) electrons. The quantitative estimate of drug-likeness (QED) is 0.612. The van der Waals surface area contributed by atoms with Crippen molar-refractivity contribution in [3.63, 3.8) is 0 Å². The Kier molecular flexibility index (Phi) is 5.07. The van der Waals surface area contributed by atoms with Crippen LogP contribution in [0.4, 0.5) is 0 Å². The zero-order chi connectivity index (χ0) is 17.9. The van der Waals surface area contributed by atoms with Crippen LogP contribution >= 0.6 is 15.9 Å². The van der Waals surface area contributed by atoms with Gasteiger partial charge in [-0.25, -0.2) is 9.78 Å². The maximum absolute atomic E-state index is 12.6. The minimum absolute atomic E-state index is 0.0730. The molecule has 5 heteroatoms. The summed E-state index contributed by atoms with van der Waals surface area (Å²) >= 11 is 3.37. The van der Waals surface area contributed by atoms with Crippen LogP contribution < -0.4 is 5.69 Å². The van der Waals surface area contributed by atoms with Crippen molar-refractivity contribution in [1.82, 2.24) is 14.1 Å². The van der Waals surface area contributed by atoms with Crippen molar-refractivity contribution < 1.29 is 0 Å². The lowest BCUT2D eigenvalue weighted by molar-refractivity contribution is 0.443. The summed E-state index contributed by atoms with van der Waals surface area (Å²) < 4.78 is 4.19. The summed E-state index contributed by atoms with van der Waals surface area (Å²) in [7, 11) is 0. The summed E-state index contributed by atoms with van der Waals surface area (Å²) in [6.07, 6.45) is 12.0. The van der Waals surface area contributed by atoms with Gasteiger partial charge >= 0.3 is 5.69 Å². The summed E-state index contributed by atoms with van der Waals surface area (Å²) in [5.74, 6) is 1.34. The molecule has 134 valence electrons. The third-order valence-corrected chi connectivity index (χ3v) is 5.68. The lowest BCUT2D eigenvalue weighted by atomic mass is 9.84. The molecule has 1 aliphatic carbocycles. The van der Waals surface area contributed by atoms with E-state index in [4.69, 9.17) is 0 Å². The lowest BCUT2D eigenvalue weighted by Gasteiger charge is -2.22. The van der Waals surface area contributed by atoms with Gasteiger partial charge in [-0.15, -0.1) is 0 Å². The highest BCUT2D eigenvalue weighted by molar-refractivity contribution is 9.10. The smallest absolute Gasteiger partial charge is 0.294 e. The number of nitrogens with zero attached hydrogens (tertiary/aromatic N) is 3. The van der Waals surface area contributed by atoms with E-state index in [1.54, 1.807) is 21.5 Å². The number of hydrogen-bond acceptors (Lipinski definition) is 2. The summed E-state index contributed by atoms with van der Waals surface area (Å²) in [5, 5.41) is 0. The molecule has 4 nitrogen and oxygen atoms in total. The summed E-state index contributed by atoms with van der Waals surface area (Å²) in [4.78, 5) is 16.9. The van der Waals surface area contributed by atoms with Gasteiger partial charge in [-0.2, -0.15) is 0 Å². The fourth-order valence-electron chi connectivity index (χ4n) is 3.75. The highest BCUT2D eigenvalue weighted by atomic mass is 79.9. The molecule has 0 bridgehead atoms. The largest absolute Gasteiger partial charge is 0.334 e. The predicted molar refractivity (Wildman–Crippen MR) is 107 cm³/mol. The van der Waals surface area contributed by atoms with Gasteiger partial charge in [0.25, 0.3) is 0 Å². The van der Waals surface area contributed by atoms with Crippen molar-refractivity contribution >= 4 is 15.9 Å². The normalized spacial score (nSPS) is 15.3. The van der Waals surface area contributed by atoms with Gasteiger partial charge in [-0.3, -0.25) is 9.13 Å². The van der Waals surface area contributed by atoms with Crippen molar-refractivity contribution in [2.45, 2.75) is 44.6 Å². The second-order valence-corrected chi connectivity index (χ2v) is 7.91. The Balaban J connectivity index is 1.51. The summed E-state index contributed by atoms with van der Waals surface area (Å²) in [6.45, 7) is 0.577. The van der Waals surface area contributed by atoms with Crippen LogP contribution in [0.1, 0.15) is 49.1 Å². The van der Waals surface area contributed by atoms with Crippen LogP contribution in [0.15, 0.2) is 64.3 Å². The van der Waals surface area contributed by atoms with Gasteiger partial charge in [-0.1, -0.05) is 43.5 Å². The van der Waals surface area contributed by atoms with Crippen molar-refractivity contribution in [1.29, 1.82) is 0 Å². The first-order valence-corrected chi connectivity index (χ1v) is 9.98. The van der Waals surface area contributed by atoms with Gasteiger partial charge in [0.05, 0.1) is 6.54 Å². The Bertz CT molecular complexity index is 919. The molecule has 2 aromatic heterocycles. The van der Waals surface area contributed by atoms with Gasteiger partial charge in [-0.05, 0) is 57.9 Å². The van der Waals surface area contributed by atoms with Crippen LogP contribution in [0, 0.1) is 0 Å². The van der Waals surface area contributed by atoms with Crippen LogP contribution in [-0.2, 0) is 6.54 Å². The second kappa shape index (κ2) is 7.62. The van der Waals surface area contributed by atoms with Crippen molar-refractivity contribution in [2.75, 3.05) is 0 Å². The number of rotatable bonds is 4. The molecule has 1 saturated carbocycles. The monoisotopic (exact) mass is 411 g/mol. The molecule has 4 rings (SSSR count). The van der Waals surface area contributed by atoms with E-state index in [1.807, 2.05) is 18.3 Å². The van der Waals surface area contributed by atoms with E-state index in [1.165, 1.54) is 37.7 Å². The first-order valence-electron chi connectivity index (χ1n) is 9.19. The molecular weight excluding hydrogens is 390 g/mol. The Morgan fingerprint density at radius 3 is 2.46 bits per heavy atom. The third-order valence-electron chi connectivity index (χ3n) is 5.22. The molecule has 0 saturated heterocycles. The van der Waals surface area contributed by atoms with Crippen LogP contribution in [0.25, 0.3) is 5.82 Å². The Morgan fingerprint density at radius 2 is 1.77 bits per heavy atom. The van der Waals surface area contributed by atoms with Gasteiger partial charge in [0.1, 0.15) is 5.82 Å². The predicted octanol–water partition coefficient (Wildman–Crippen LogP) is 4.89. The number of hydrogen-bond donors (Lipinski definition) is 0. The molecular formula is C21H22BrN3O. The van der Waals surface area contributed by atoms with E-state index < -0.39 is 0 Å². The van der Waals surface area contributed by atoms with E-state index in [2.05, 4.69) is 45.2 Å². The second-order valence-electron chi connectivity index (χ2n) is 6.99. The van der Waals surface area contributed by atoms with E-state index >= 15 is 0 Å². The average Bonchev–Trinajstić information content (AvgIpc) is 3.04. The molecule has 1 aliphatic rings. The fraction of sp³-hybridized carbons (Fsp3) is 0.333. The fourth-order valence-corrected chi connectivity index (χ4v) is 3.98. The first-order chi connectivity index (χ1) is 12.7. The molecule has 2 heterocycles. The molecule has 0 N–H and O–H groups in total. The Morgan fingerprint density at radius 1 is 1.00 bits per heavy atom. The van der Waals surface area contributed by atoms with E-state index in [0.29, 0.717) is 18.3 Å². The Labute approximate surface area is 161 Å². The highest BCUT2D eigenvalue weighted by Crippen LogP contribution is 2.32. The van der Waals surface area contributed by atoms with Gasteiger partial charge < -0.3 is 0 Å². The zero-order valence-corrected chi connectivity index (χ0v) is 16.2. The van der Waals surface area contributed by atoms with Crippen LogP contribution in [0.2, 0.25) is 0 Å². The minimum Gasteiger partial charge on any atom is -0.294 e. The SMILES string of the molecule is O=c1n(Cc2ccc(C3CCCCC3)cc2)ccn1-c1ccc(Br)cn1. The standard InChI is InChI=1S/C21H22BrN3O/c22-19-10-11-20(23-14-19)25-13-12-24(21(25)26)15-16-6-8-18(9-7-16)17-4-2-1-3-5-17/h6-14,17H,1-5,15H2. The number of imidazole rings is 1. The van der Waals surface area contributed by atoms with Gasteiger partial charge in [0, 0.05) is 23.1 Å². The van der Waals surface area contributed by atoms with E-state index in [9.17, 15) is 4.79 Å². The molecule has 26 heavy (non-hydrogen) atoms. The van der Waals surface area contributed by atoms with Gasteiger partial charge in [0.15, 0.2) is 0 Å². The first kappa shape index (κ1) is 17.3. The highest BCUT2D eigenvalue weighted by Gasteiger charge is 2.15. The maximum atomic E-state index is 12.6.